The second-order valence-corrected chi connectivity index (χ2v) is 5.91. The molecule has 3 aromatic rings. The summed E-state index contributed by atoms with van der Waals surface area (Å²) in [6.45, 7) is 3.60. The van der Waals surface area contributed by atoms with Crippen LogP contribution in [0.25, 0.3) is 11.0 Å². The van der Waals surface area contributed by atoms with E-state index in [2.05, 4.69) is 29.7 Å². The number of nitrogens with two attached hydrogens (primary N) is 1. The highest BCUT2D eigenvalue weighted by Crippen LogP contribution is 2.25. The predicted molar refractivity (Wildman–Crippen MR) is 92.4 cm³/mol. The summed E-state index contributed by atoms with van der Waals surface area (Å²) in [6.07, 6.45) is 0.848. The lowest BCUT2D eigenvalue weighted by atomic mass is 9.98. The molecule has 1 atom stereocenters. The summed E-state index contributed by atoms with van der Waals surface area (Å²) in [4.78, 5) is 4.82. The number of fused-ring (bicyclic) bond motifs is 1. The molecule has 0 aliphatic heterocycles. The van der Waals surface area contributed by atoms with Crippen molar-refractivity contribution in [2.75, 3.05) is 6.54 Å². The Hall–Kier alpha value is -1.84. The minimum Gasteiger partial charge on any atom is -0.330 e. The monoisotopic (exact) mass is 313 g/mol. The SMILES string of the molecule is CCn1c(C(CN)Cc2cccc(Cl)c2)nc2ccccc21. The van der Waals surface area contributed by atoms with Crippen LogP contribution in [0.5, 0.6) is 0 Å². The van der Waals surface area contributed by atoms with Crippen molar-refractivity contribution in [3.63, 3.8) is 0 Å². The molecule has 0 saturated carbocycles. The van der Waals surface area contributed by atoms with E-state index in [-0.39, 0.29) is 5.92 Å². The third-order valence-electron chi connectivity index (χ3n) is 4.02. The van der Waals surface area contributed by atoms with Gasteiger partial charge in [-0.05, 0) is 43.2 Å². The van der Waals surface area contributed by atoms with E-state index in [4.69, 9.17) is 22.3 Å². The molecule has 1 aromatic heterocycles. The van der Waals surface area contributed by atoms with E-state index in [0.29, 0.717) is 6.54 Å². The summed E-state index contributed by atoms with van der Waals surface area (Å²) in [5.74, 6) is 1.25. The molecule has 2 aromatic carbocycles. The maximum absolute atomic E-state index is 6.09. The normalized spacial score (nSPS) is 12.7. The van der Waals surface area contributed by atoms with Crippen LogP contribution >= 0.6 is 11.6 Å². The maximum Gasteiger partial charge on any atom is 0.114 e. The minimum absolute atomic E-state index is 0.186. The fraction of sp³-hybridized carbons (Fsp3) is 0.278. The van der Waals surface area contributed by atoms with Crippen molar-refractivity contribution in [1.82, 2.24) is 9.55 Å². The van der Waals surface area contributed by atoms with Gasteiger partial charge in [-0.2, -0.15) is 0 Å². The number of halogens is 1. The Kier molecular flexibility index (Phi) is 4.46. The molecular formula is C18H20ClN3. The van der Waals surface area contributed by atoms with E-state index < -0.39 is 0 Å². The fourth-order valence-corrected chi connectivity index (χ4v) is 3.18. The summed E-state index contributed by atoms with van der Waals surface area (Å²) in [6, 6.07) is 16.2. The van der Waals surface area contributed by atoms with Crippen LogP contribution < -0.4 is 5.73 Å². The molecule has 3 rings (SSSR count). The first kappa shape index (κ1) is 15.1. The highest BCUT2D eigenvalue weighted by atomic mass is 35.5. The average Bonchev–Trinajstić information content (AvgIpc) is 2.91. The lowest BCUT2D eigenvalue weighted by Crippen LogP contribution is -2.19. The largest absolute Gasteiger partial charge is 0.330 e. The van der Waals surface area contributed by atoms with E-state index in [0.717, 1.165) is 29.3 Å². The van der Waals surface area contributed by atoms with Crippen molar-refractivity contribution in [3.05, 3.63) is 64.9 Å². The lowest BCUT2D eigenvalue weighted by molar-refractivity contribution is 0.598. The van der Waals surface area contributed by atoms with Gasteiger partial charge in [0.2, 0.25) is 0 Å². The lowest BCUT2D eigenvalue weighted by Gasteiger charge is -2.16. The predicted octanol–water partition coefficient (Wildman–Crippen LogP) is 3.99. The van der Waals surface area contributed by atoms with Gasteiger partial charge in [0.1, 0.15) is 5.82 Å². The zero-order valence-electron chi connectivity index (χ0n) is 12.7. The van der Waals surface area contributed by atoms with Gasteiger partial charge in [0.05, 0.1) is 11.0 Å². The Morgan fingerprint density at radius 2 is 2.00 bits per heavy atom. The third kappa shape index (κ3) is 2.87. The topological polar surface area (TPSA) is 43.8 Å². The van der Waals surface area contributed by atoms with Crippen molar-refractivity contribution >= 4 is 22.6 Å². The Labute approximate surface area is 135 Å². The Morgan fingerprint density at radius 3 is 2.73 bits per heavy atom. The molecule has 114 valence electrons. The molecule has 0 aliphatic rings. The summed E-state index contributed by atoms with van der Waals surface area (Å²) < 4.78 is 2.26. The van der Waals surface area contributed by atoms with Crippen LogP contribution in [-0.4, -0.2) is 16.1 Å². The van der Waals surface area contributed by atoms with Crippen molar-refractivity contribution in [2.24, 2.45) is 5.73 Å². The number of imidazole rings is 1. The van der Waals surface area contributed by atoms with Gasteiger partial charge in [-0.3, -0.25) is 0 Å². The number of hydrogen-bond donors (Lipinski definition) is 1. The quantitative estimate of drug-likeness (QED) is 0.774. The van der Waals surface area contributed by atoms with Gasteiger partial charge in [-0.1, -0.05) is 35.9 Å². The number of hydrogen-bond acceptors (Lipinski definition) is 2. The molecule has 0 saturated heterocycles. The molecule has 3 nitrogen and oxygen atoms in total. The Morgan fingerprint density at radius 1 is 1.18 bits per heavy atom. The zero-order chi connectivity index (χ0) is 15.5. The smallest absolute Gasteiger partial charge is 0.114 e. The van der Waals surface area contributed by atoms with Crippen LogP contribution in [0.4, 0.5) is 0 Å². The first-order valence-corrected chi connectivity index (χ1v) is 8.00. The first-order chi connectivity index (χ1) is 10.7. The standard InChI is InChI=1S/C18H20ClN3/c1-2-22-17-9-4-3-8-16(17)21-18(22)14(12-20)10-13-6-5-7-15(19)11-13/h3-9,11,14H,2,10,12,20H2,1H3. The van der Waals surface area contributed by atoms with Gasteiger partial charge < -0.3 is 10.3 Å². The van der Waals surface area contributed by atoms with Gasteiger partial charge in [-0.15, -0.1) is 0 Å². The number of rotatable bonds is 5. The molecule has 0 spiro atoms. The first-order valence-electron chi connectivity index (χ1n) is 7.62. The van der Waals surface area contributed by atoms with Crippen molar-refractivity contribution in [1.29, 1.82) is 0 Å². The Balaban J connectivity index is 2.00. The third-order valence-corrected chi connectivity index (χ3v) is 4.26. The molecule has 22 heavy (non-hydrogen) atoms. The van der Waals surface area contributed by atoms with Crippen molar-refractivity contribution in [3.8, 4) is 0 Å². The van der Waals surface area contributed by atoms with Crippen LogP contribution in [0.15, 0.2) is 48.5 Å². The van der Waals surface area contributed by atoms with Crippen molar-refractivity contribution < 1.29 is 0 Å². The van der Waals surface area contributed by atoms with Gasteiger partial charge in [0.15, 0.2) is 0 Å². The number of nitrogens with zero attached hydrogens (tertiary/aromatic N) is 2. The molecule has 0 fully saturated rings. The van der Waals surface area contributed by atoms with Gasteiger partial charge >= 0.3 is 0 Å². The molecule has 2 N–H and O–H groups in total. The van der Waals surface area contributed by atoms with Crippen LogP contribution in [0, 0.1) is 0 Å². The average molecular weight is 314 g/mol. The van der Waals surface area contributed by atoms with Gasteiger partial charge in [0, 0.05) is 24.0 Å². The highest BCUT2D eigenvalue weighted by molar-refractivity contribution is 6.30. The maximum atomic E-state index is 6.09. The molecule has 0 aliphatic carbocycles. The second kappa shape index (κ2) is 6.51. The van der Waals surface area contributed by atoms with Crippen LogP contribution in [0.2, 0.25) is 5.02 Å². The fourth-order valence-electron chi connectivity index (χ4n) is 2.97. The molecule has 0 radical (unpaired) electrons. The number of para-hydroxylation sites is 2. The summed E-state index contributed by atoms with van der Waals surface area (Å²) >= 11 is 6.09. The van der Waals surface area contributed by atoms with Crippen LogP contribution in [0.1, 0.15) is 24.2 Å². The second-order valence-electron chi connectivity index (χ2n) is 5.47. The molecule has 0 amide bonds. The molecular weight excluding hydrogens is 294 g/mol. The van der Waals surface area contributed by atoms with E-state index in [1.165, 1.54) is 11.1 Å². The van der Waals surface area contributed by atoms with E-state index in [9.17, 15) is 0 Å². The zero-order valence-corrected chi connectivity index (χ0v) is 13.4. The number of aromatic nitrogens is 2. The minimum atomic E-state index is 0.186. The van der Waals surface area contributed by atoms with Crippen molar-refractivity contribution in [2.45, 2.75) is 25.8 Å². The van der Waals surface area contributed by atoms with E-state index in [1.54, 1.807) is 0 Å². The summed E-state index contributed by atoms with van der Waals surface area (Å²) in [5.41, 5.74) is 9.44. The van der Waals surface area contributed by atoms with Crippen LogP contribution in [0.3, 0.4) is 0 Å². The molecule has 1 unspecified atom stereocenters. The number of benzene rings is 2. The highest BCUT2D eigenvalue weighted by Gasteiger charge is 2.19. The number of aryl methyl sites for hydroxylation is 1. The van der Waals surface area contributed by atoms with Crippen LogP contribution in [-0.2, 0) is 13.0 Å². The molecule has 0 bridgehead atoms. The Bertz CT molecular complexity index is 779. The molecule has 1 heterocycles. The summed E-state index contributed by atoms with van der Waals surface area (Å²) in [5, 5.41) is 0.761. The van der Waals surface area contributed by atoms with E-state index in [1.807, 2.05) is 30.3 Å². The summed E-state index contributed by atoms with van der Waals surface area (Å²) in [7, 11) is 0. The molecule has 4 heteroatoms. The van der Waals surface area contributed by atoms with Gasteiger partial charge in [0.25, 0.3) is 0 Å². The van der Waals surface area contributed by atoms with E-state index >= 15 is 0 Å². The van der Waals surface area contributed by atoms with Gasteiger partial charge in [-0.25, -0.2) is 4.98 Å².